The van der Waals surface area contributed by atoms with Crippen LogP contribution < -0.4 is 4.74 Å². The van der Waals surface area contributed by atoms with Gasteiger partial charge in [-0.05, 0) is 80.6 Å². The number of fused-ring (bicyclic) bond motifs is 2. The molecule has 1 saturated carbocycles. The van der Waals surface area contributed by atoms with Crippen LogP contribution in [0.2, 0.25) is 0 Å². The molecular weight excluding hydrogens is 476 g/mol. The van der Waals surface area contributed by atoms with Crippen molar-refractivity contribution in [1.82, 2.24) is 20.2 Å². The zero-order valence-electron chi connectivity index (χ0n) is 20.8. The number of aryl methyl sites for hydroxylation is 1. The largest absolute Gasteiger partial charge is 0.489 e. The van der Waals surface area contributed by atoms with Crippen molar-refractivity contribution in [2.45, 2.75) is 45.1 Å². The first-order chi connectivity index (χ1) is 18.2. The molecule has 0 atom stereocenters. The van der Waals surface area contributed by atoms with E-state index in [2.05, 4.69) is 82.7 Å². The molecule has 6 aromatic rings. The van der Waals surface area contributed by atoms with Crippen molar-refractivity contribution in [3.63, 3.8) is 0 Å². The number of aromatic amines is 2. The summed E-state index contributed by atoms with van der Waals surface area (Å²) in [5.74, 6) is 0.851. The summed E-state index contributed by atoms with van der Waals surface area (Å²) in [6.45, 7) is 2.15. The first-order valence-corrected chi connectivity index (χ1v) is 13.8. The Hall–Kier alpha value is -3.90. The topological polar surface area (TPSA) is 66.6 Å². The van der Waals surface area contributed by atoms with Crippen LogP contribution in [-0.4, -0.2) is 26.3 Å². The van der Waals surface area contributed by atoms with Crippen LogP contribution in [0, 0.1) is 6.92 Å². The molecule has 5 nitrogen and oxygen atoms in total. The Bertz CT molecular complexity index is 1720. The second kappa shape index (κ2) is 9.20. The smallest absolute Gasteiger partial charge is 0.138 e. The van der Waals surface area contributed by atoms with Gasteiger partial charge < -0.3 is 9.72 Å². The fraction of sp³-hybridized carbons (Fsp3) is 0.226. The highest BCUT2D eigenvalue weighted by molar-refractivity contribution is 7.15. The summed E-state index contributed by atoms with van der Waals surface area (Å²) >= 11 is 1.82. The molecule has 0 aliphatic heterocycles. The van der Waals surface area contributed by atoms with Crippen LogP contribution in [0.3, 0.4) is 0 Å². The Balaban J connectivity index is 1.26. The zero-order valence-corrected chi connectivity index (χ0v) is 21.6. The maximum absolute atomic E-state index is 6.28. The first kappa shape index (κ1) is 22.3. The molecule has 1 aliphatic rings. The monoisotopic (exact) mass is 504 g/mol. The third-order valence-electron chi connectivity index (χ3n) is 7.39. The molecule has 2 aromatic carbocycles. The van der Waals surface area contributed by atoms with E-state index in [-0.39, 0.29) is 0 Å². The zero-order chi connectivity index (χ0) is 24.8. The van der Waals surface area contributed by atoms with Crippen molar-refractivity contribution in [1.29, 1.82) is 0 Å². The van der Waals surface area contributed by atoms with E-state index >= 15 is 0 Å². The fourth-order valence-corrected chi connectivity index (χ4v) is 6.40. The third kappa shape index (κ3) is 4.21. The van der Waals surface area contributed by atoms with Crippen LogP contribution in [0.4, 0.5) is 0 Å². The normalized spacial score (nSPS) is 14.5. The van der Waals surface area contributed by atoms with Crippen molar-refractivity contribution in [2.75, 3.05) is 0 Å². The van der Waals surface area contributed by atoms with Crippen molar-refractivity contribution in [2.24, 2.45) is 0 Å². The Labute approximate surface area is 219 Å². The summed E-state index contributed by atoms with van der Waals surface area (Å²) in [6, 6.07) is 21.6. The second-order valence-electron chi connectivity index (χ2n) is 9.98. The van der Waals surface area contributed by atoms with Crippen molar-refractivity contribution < 1.29 is 4.74 Å². The number of aromatic nitrogens is 4. The number of pyridine rings is 1. The maximum Gasteiger partial charge on any atom is 0.138 e. The van der Waals surface area contributed by atoms with Crippen molar-refractivity contribution in [3.8, 4) is 38.7 Å². The summed E-state index contributed by atoms with van der Waals surface area (Å²) in [4.78, 5) is 10.7. The summed E-state index contributed by atoms with van der Waals surface area (Å²) in [5, 5.41) is 10.2. The lowest BCUT2D eigenvalue weighted by Gasteiger charge is -2.23. The molecule has 6 heteroatoms. The molecule has 0 bridgehead atoms. The van der Waals surface area contributed by atoms with Gasteiger partial charge in [-0.3, -0.25) is 10.1 Å². The van der Waals surface area contributed by atoms with Crippen LogP contribution in [0.25, 0.3) is 54.8 Å². The molecule has 184 valence electrons. The molecule has 4 heterocycles. The highest BCUT2D eigenvalue weighted by Crippen LogP contribution is 2.37. The highest BCUT2D eigenvalue weighted by atomic mass is 32.1. The molecule has 0 amide bonds. The second-order valence-corrected chi connectivity index (χ2v) is 11.3. The van der Waals surface area contributed by atoms with Gasteiger partial charge in [-0.2, -0.15) is 5.10 Å². The standard InChI is InChI=1S/C31H28N4OS/c1-19-10-13-30(37-19)24-8-5-9-27-25(24)16-29(33-27)31-26-15-20(11-12-28(26)34-35-31)21-14-23(18-32-17-21)36-22-6-3-2-4-7-22/h5,8-18,22,33H,2-4,6-7H2,1H3,(H,34,35). The highest BCUT2D eigenvalue weighted by Gasteiger charge is 2.17. The molecule has 0 unspecified atom stereocenters. The lowest BCUT2D eigenvalue weighted by Crippen LogP contribution is -2.19. The van der Waals surface area contributed by atoms with Gasteiger partial charge in [0, 0.05) is 43.4 Å². The summed E-state index contributed by atoms with van der Waals surface area (Å²) < 4.78 is 6.28. The number of H-pyrrole nitrogens is 2. The van der Waals surface area contributed by atoms with Gasteiger partial charge in [-0.15, -0.1) is 11.3 Å². The molecule has 4 aromatic heterocycles. The van der Waals surface area contributed by atoms with E-state index in [1.165, 1.54) is 40.0 Å². The van der Waals surface area contributed by atoms with Gasteiger partial charge in [0.1, 0.15) is 11.4 Å². The molecule has 2 N–H and O–H groups in total. The molecule has 0 radical (unpaired) electrons. The van der Waals surface area contributed by atoms with E-state index in [9.17, 15) is 0 Å². The Morgan fingerprint density at radius 2 is 1.78 bits per heavy atom. The van der Waals surface area contributed by atoms with E-state index < -0.39 is 0 Å². The van der Waals surface area contributed by atoms with Gasteiger partial charge in [0.2, 0.25) is 0 Å². The molecule has 7 rings (SSSR count). The lowest BCUT2D eigenvalue weighted by atomic mass is 9.98. The van der Waals surface area contributed by atoms with E-state index in [4.69, 9.17) is 9.84 Å². The van der Waals surface area contributed by atoms with Gasteiger partial charge in [-0.25, -0.2) is 0 Å². The summed E-state index contributed by atoms with van der Waals surface area (Å²) in [5.41, 5.74) is 7.45. The third-order valence-corrected chi connectivity index (χ3v) is 8.42. The molecule has 1 fully saturated rings. The lowest BCUT2D eigenvalue weighted by molar-refractivity contribution is 0.154. The SMILES string of the molecule is Cc1ccc(-c2cccc3[nH]c(-c4n[nH]c5ccc(-c6cncc(OC7CCCCC7)c6)cc45)cc23)s1. The number of hydrogen-bond donors (Lipinski definition) is 2. The molecular formula is C31H28N4OS. The minimum Gasteiger partial charge on any atom is -0.489 e. The van der Waals surface area contributed by atoms with Gasteiger partial charge in [0.15, 0.2) is 0 Å². The summed E-state index contributed by atoms with van der Waals surface area (Å²) in [6.07, 6.45) is 10.1. The number of rotatable bonds is 5. The van der Waals surface area contributed by atoms with Crippen LogP contribution in [0.15, 0.2) is 73.1 Å². The quantitative estimate of drug-likeness (QED) is 0.247. The van der Waals surface area contributed by atoms with E-state index in [1.54, 1.807) is 0 Å². The first-order valence-electron chi connectivity index (χ1n) is 13.0. The molecule has 1 aliphatic carbocycles. The Kier molecular flexibility index (Phi) is 5.55. The molecule has 0 saturated heterocycles. The number of benzene rings is 2. The number of nitrogens with one attached hydrogen (secondary N) is 2. The van der Waals surface area contributed by atoms with Crippen LogP contribution >= 0.6 is 11.3 Å². The molecule has 37 heavy (non-hydrogen) atoms. The number of ether oxygens (including phenoxy) is 1. The van der Waals surface area contributed by atoms with Gasteiger partial charge in [0.05, 0.1) is 23.5 Å². The predicted molar refractivity (Wildman–Crippen MR) is 152 cm³/mol. The van der Waals surface area contributed by atoms with Gasteiger partial charge >= 0.3 is 0 Å². The minimum absolute atomic E-state index is 0.304. The Morgan fingerprint density at radius 3 is 2.65 bits per heavy atom. The maximum atomic E-state index is 6.28. The fourth-order valence-electron chi connectivity index (χ4n) is 5.49. The average molecular weight is 505 g/mol. The Morgan fingerprint density at radius 1 is 0.865 bits per heavy atom. The van der Waals surface area contributed by atoms with E-state index in [0.717, 1.165) is 57.5 Å². The van der Waals surface area contributed by atoms with Crippen LogP contribution in [0.5, 0.6) is 5.75 Å². The van der Waals surface area contributed by atoms with Crippen LogP contribution in [-0.2, 0) is 0 Å². The van der Waals surface area contributed by atoms with Gasteiger partial charge in [-0.1, -0.05) is 24.6 Å². The van der Waals surface area contributed by atoms with E-state index in [1.807, 2.05) is 23.7 Å². The number of hydrogen-bond acceptors (Lipinski definition) is 4. The average Bonchev–Trinajstić information content (AvgIpc) is 3.66. The van der Waals surface area contributed by atoms with Crippen LogP contribution in [0.1, 0.15) is 37.0 Å². The minimum atomic E-state index is 0.304. The van der Waals surface area contributed by atoms with E-state index in [0.29, 0.717) is 6.10 Å². The summed E-state index contributed by atoms with van der Waals surface area (Å²) in [7, 11) is 0. The van der Waals surface area contributed by atoms with Crippen molar-refractivity contribution in [3.05, 3.63) is 77.9 Å². The van der Waals surface area contributed by atoms with Gasteiger partial charge in [0.25, 0.3) is 0 Å². The van der Waals surface area contributed by atoms with Crippen molar-refractivity contribution >= 4 is 33.1 Å². The number of nitrogens with zero attached hydrogens (tertiary/aromatic N) is 2. The number of thiophene rings is 1. The predicted octanol–water partition coefficient (Wildman–Crippen LogP) is 8.52. The molecule has 0 spiro atoms.